The lowest BCUT2D eigenvalue weighted by Gasteiger charge is -2.21. The van der Waals surface area contributed by atoms with Crippen LogP contribution in [0, 0.1) is 0 Å². The summed E-state index contributed by atoms with van der Waals surface area (Å²) < 4.78 is 5.33. The van der Waals surface area contributed by atoms with Gasteiger partial charge in [0.2, 0.25) is 0 Å². The second kappa shape index (κ2) is 9.04. The van der Waals surface area contributed by atoms with Crippen LogP contribution in [-0.4, -0.2) is 42.5 Å². The van der Waals surface area contributed by atoms with E-state index >= 15 is 0 Å². The fourth-order valence-corrected chi connectivity index (χ4v) is 2.56. The zero-order chi connectivity index (χ0) is 15.6. The van der Waals surface area contributed by atoms with Gasteiger partial charge in [-0.25, -0.2) is 4.98 Å². The number of nitrogens with zero attached hydrogens (tertiary/aromatic N) is 3. The van der Waals surface area contributed by atoms with Crippen LogP contribution in [0.3, 0.4) is 0 Å². The number of furan rings is 1. The lowest BCUT2D eigenvalue weighted by atomic mass is 10.3. The zero-order valence-corrected chi connectivity index (χ0v) is 13.7. The second-order valence-corrected chi connectivity index (χ2v) is 5.78. The SMILES string of the molecule is C=CCNC(=NCCc1ccco1)N(C)CCc1nccs1. The average Bonchev–Trinajstić information content (AvgIpc) is 3.21. The van der Waals surface area contributed by atoms with Crippen LogP contribution in [0.15, 0.2) is 52.0 Å². The van der Waals surface area contributed by atoms with Gasteiger partial charge < -0.3 is 14.6 Å². The Labute approximate surface area is 135 Å². The number of aromatic nitrogens is 1. The number of hydrogen-bond donors (Lipinski definition) is 1. The highest BCUT2D eigenvalue weighted by molar-refractivity contribution is 7.09. The van der Waals surface area contributed by atoms with E-state index in [0.29, 0.717) is 13.1 Å². The van der Waals surface area contributed by atoms with Gasteiger partial charge in [0, 0.05) is 51.1 Å². The molecule has 5 nitrogen and oxygen atoms in total. The fraction of sp³-hybridized carbons (Fsp3) is 0.375. The van der Waals surface area contributed by atoms with Crippen molar-refractivity contribution >= 4 is 17.3 Å². The van der Waals surface area contributed by atoms with Gasteiger partial charge in [0.05, 0.1) is 11.3 Å². The highest BCUT2D eigenvalue weighted by Gasteiger charge is 2.07. The number of thiazole rings is 1. The van der Waals surface area contributed by atoms with Crippen LogP contribution < -0.4 is 5.32 Å². The molecule has 0 bridgehead atoms. The van der Waals surface area contributed by atoms with E-state index in [9.17, 15) is 0 Å². The first-order chi connectivity index (χ1) is 10.8. The van der Waals surface area contributed by atoms with Crippen molar-refractivity contribution in [2.75, 3.05) is 26.7 Å². The van der Waals surface area contributed by atoms with Crippen molar-refractivity contribution in [3.05, 3.63) is 53.4 Å². The number of nitrogens with one attached hydrogen (secondary N) is 1. The predicted octanol–water partition coefficient (Wildman–Crippen LogP) is 2.58. The molecule has 0 atom stereocenters. The van der Waals surface area contributed by atoms with E-state index in [4.69, 9.17) is 4.42 Å². The maximum atomic E-state index is 5.33. The van der Waals surface area contributed by atoms with Crippen LogP contribution in [0.1, 0.15) is 10.8 Å². The van der Waals surface area contributed by atoms with Crippen molar-refractivity contribution in [3.63, 3.8) is 0 Å². The molecule has 22 heavy (non-hydrogen) atoms. The van der Waals surface area contributed by atoms with Gasteiger partial charge in [0.1, 0.15) is 5.76 Å². The monoisotopic (exact) mass is 318 g/mol. The van der Waals surface area contributed by atoms with E-state index in [1.54, 1.807) is 17.6 Å². The summed E-state index contributed by atoms with van der Waals surface area (Å²) >= 11 is 1.68. The smallest absolute Gasteiger partial charge is 0.193 e. The Kier molecular flexibility index (Phi) is 6.70. The van der Waals surface area contributed by atoms with Crippen molar-refractivity contribution in [2.24, 2.45) is 4.99 Å². The molecule has 0 aromatic carbocycles. The predicted molar refractivity (Wildman–Crippen MR) is 91.4 cm³/mol. The first-order valence-electron chi connectivity index (χ1n) is 7.30. The third-order valence-electron chi connectivity index (χ3n) is 3.11. The lowest BCUT2D eigenvalue weighted by molar-refractivity contribution is 0.483. The largest absolute Gasteiger partial charge is 0.469 e. The third kappa shape index (κ3) is 5.37. The number of likely N-dealkylation sites (N-methyl/N-ethyl adjacent to an activating group) is 1. The van der Waals surface area contributed by atoms with Crippen molar-refractivity contribution < 1.29 is 4.42 Å². The van der Waals surface area contributed by atoms with Gasteiger partial charge in [-0.2, -0.15) is 0 Å². The standard InChI is InChI=1S/C16H22N4OS/c1-3-8-18-16(19-9-6-14-5-4-12-21-14)20(2)11-7-15-17-10-13-22-15/h3-5,10,12-13H,1,6-9,11H2,2H3,(H,18,19). The van der Waals surface area contributed by atoms with Crippen LogP contribution in [-0.2, 0) is 12.8 Å². The molecular weight excluding hydrogens is 296 g/mol. The molecule has 0 aliphatic heterocycles. The maximum Gasteiger partial charge on any atom is 0.193 e. The Balaban J connectivity index is 1.86. The molecule has 6 heteroatoms. The minimum Gasteiger partial charge on any atom is -0.469 e. The second-order valence-electron chi connectivity index (χ2n) is 4.80. The van der Waals surface area contributed by atoms with Crippen LogP contribution in [0.2, 0.25) is 0 Å². The minimum atomic E-state index is 0.689. The molecule has 2 heterocycles. The summed E-state index contributed by atoms with van der Waals surface area (Å²) in [5.41, 5.74) is 0. The van der Waals surface area contributed by atoms with Crippen molar-refractivity contribution in [1.82, 2.24) is 15.2 Å². The van der Waals surface area contributed by atoms with Gasteiger partial charge >= 0.3 is 0 Å². The highest BCUT2D eigenvalue weighted by atomic mass is 32.1. The fourth-order valence-electron chi connectivity index (χ4n) is 1.95. The van der Waals surface area contributed by atoms with Crippen molar-refractivity contribution in [2.45, 2.75) is 12.8 Å². The summed E-state index contributed by atoms with van der Waals surface area (Å²) in [4.78, 5) is 11.1. The average molecular weight is 318 g/mol. The van der Waals surface area contributed by atoms with Crippen molar-refractivity contribution in [3.8, 4) is 0 Å². The molecule has 0 saturated heterocycles. The van der Waals surface area contributed by atoms with E-state index in [1.165, 1.54) is 0 Å². The van der Waals surface area contributed by atoms with E-state index in [1.807, 2.05) is 36.8 Å². The molecule has 0 saturated carbocycles. The number of rotatable bonds is 8. The van der Waals surface area contributed by atoms with Crippen LogP contribution in [0.25, 0.3) is 0 Å². The topological polar surface area (TPSA) is 53.7 Å². The van der Waals surface area contributed by atoms with Crippen LogP contribution in [0.5, 0.6) is 0 Å². The molecule has 0 aliphatic carbocycles. The quantitative estimate of drug-likeness (QED) is 0.462. The van der Waals surface area contributed by atoms with Crippen molar-refractivity contribution in [1.29, 1.82) is 0 Å². The highest BCUT2D eigenvalue weighted by Crippen LogP contribution is 2.05. The van der Waals surface area contributed by atoms with E-state index in [2.05, 4.69) is 26.8 Å². The molecule has 0 fully saturated rings. The van der Waals surface area contributed by atoms with E-state index < -0.39 is 0 Å². The van der Waals surface area contributed by atoms with Gasteiger partial charge in [-0.1, -0.05) is 6.08 Å². The molecule has 0 spiro atoms. The number of hydrogen-bond acceptors (Lipinski definition) is 4. The summed E-state index contributed by atoms with van der Waals surface area (Å²) in [7, 11) is 2.04. The minimum absolute atomic E-state index is 0.689. The Morgan fingerprint density at radius 1 is 1.55 bits per heavy atom. The Morgan fingerprint density at radius 3 is 3.14 bits per heavy atom. The summed E-state index contributed by atoms with van der Waals surface area (Å²) in [6.45, 7) is 6.00. The maximum absolute atomic E-state index is 5.33. The lowest BCUT2D eigenvalue weighted by Crippen LogP contribution is -2.40. The number of aliphatic imine (C=N–C) groups is 1. The van der Waals surface area contributed by atoms with Gasteiger partial charge in [-0.05, 0) is 12.1 Å². The first kappa shape index (κ1) is 16.3. The molecule has 2 aromatic heterocycles. The van der Waals surface area contributed by atoms with E-state index in [-0.39, 0.29) is 0 Å². The van der Waals surface area contributed by atoms with E-state index in [0.717, 1.165) is 36.1 Å². The summed E-state index contributed by atoms with van der Waals surface area (Å²) in [5, 5.41) is 6.44. The Bertz CT molecular complexity index is 563. The van der Waals surface area contributed by atoms with Gasteiger partial charge in [-0.3, -0.25) is 4.99 Å². The molecule has 0 unspecified atom stereocenters. The number of guanidine groups is 1. The van der Waals surface area contributed by atoms with Gasteiger partial charge in [0.15, 0.2) is 5.96 Å². The molecule has 0 amide bonds. The summed E-state index contributed by atoms with van der Waals surface area (Å²) in [5.74, 6) is 1.83. The molecule has 1 N–H and O–H groups in total. The molecule has 2 aromatic rings. The third-order valence-corrected chi connectivity index (χ3v) is 3.95. The first-order valence-corrected chi connectivity index (χ1v) is 8.18. The zero-order valence-electron chi connectivity index (χ0n) is 12.9. The van der Waals surface area contributed by atoms with Crippen LogP contribution >= 0.6 is 11.3 Å². The Morgan fingerprint density at radius 2 is 2.45 bits per heavy atom. The van der Waals surface area contributed by atoms with Crippen LogP contribution in [0.4, 0.5) is 0 Å². The molecular formula is C16H22N4OS. The molecule has 2 rings (SSSR count). The van der Waals surface area contributed by atoms with Gasteiger partial charge in [-0.15, -0.1) is 17.9 Å². The molecule has 0 aliphatic rings. The molecule has 118 valence electrons. The summed E-state index contributed by atoms with van der Waals surface area (Å²) in [6.07, 6.45) is 7.08. The summed E-state index contributed by atoms with van der Waals surface area (Å²) in [6, 6.07) is 3.87. The molecule has 0 radical (unpaired) electrons. The normalized spacial score (nSPS) is 11.4. The van der Waals surface area contributed by atoms with Gasteiger partial charge in [0.25, 0.3) is 0 Å². The Hall–Kier alpha value is -2.08.